The lowest BCUT2D eigenvalue weighted by Gasteiger charge is -2.55. The predicted molar refractivity (Wildman–Crippen MR) is 141 cm³/mol. The number of hydrogen-bond donors (Lipinski definition) is 0. The minimum atomic E-state index is 0.268. The van der Waals surface area contributed by atoms with Crippen LogP contribution < -0.4 is 4.74 Å². The van der Waals surface area contributed by atoms with Crippen LogP contribution in [0.4, 0.5) is 0 Å². The van der Waals surface area contributed by atoms with E-state index in [0.29, 0.717) is 18.1 Å². The van der Waals surface area contributed by atoms with E-state index < -0.39 is 0 Å². The molecular weight excluding hydrogens is 428 g/mol. The average Bonchev–Trinajstić information content (AvgIpc) is 3.24. The second kappa shape index (κ2) is 9.13. The molecule has 0 saturated heterocycles. The van der Waals surface area contributed by atoms with Gasteiger partial charge in [-0.2, -0.15) is 0 Å². The quantitative estimate of drug-likeness (QED) is 0.368. The molecule has 0 spiro atoms. The van der Waals surface area contributed by atoms with E-state index in [1.54, 1.807) is 5.56 Å². The van der Waals surface area contributed by atoms with Crippen molar-refractivity contribution in [2.24, 2.45) is 17.3 Å². The first-order valence-electron chi connectivity index (χ1n) is 13.5. The highest BCUT2D eigenvalue weighted by Crippen LogP contribution is 2.63. The minimum Gasteiger partial charge on any atom is -0.489 e. The zero-order chi connectivity index (χ0) is 23.9. The third-order valence-electron chi connectivity index (χ3n) is 9.62. The highest BCUT2D eigenvalue weighted by molar-refractivity contribution is 5.43. The Hall–Kier alpha value is -2.58. The second-order valence-electron chi connectivity index (χ2n) is 11.8. The zero-order valence-electron chi connectivity index (χ0n) is 21.2. The Morgan fingerprint density at radius 1 is 0.800 bits per heavy atom. The van der Waals surface area contributed by atoms with Crippen molar-refractivity contribution in [2.45, 2.75) is 77.1 Å². The summed E-state index contributed by atoms with van der Waals surface area (Å²) in [5.74, 6) is 2.50. The molecule has 0 heterocycles. The lowest BCUT2D eigenvalue weighted by Crippen LogP contribution is -2.49. The molecule has 3 aliphatic carbocycles. The summed E-state index contributed by atoms with van der Waals surface area (Å²) in [7, 11) is 0. The van der Waals surface area contributed by atoms with Gasteiger partial charge in [0.15, 0.2) is 0 Å². The Balaban J connectivity index is 1.17. The Bertz CT molecular complexity index is 1160. The van der Waals surface area contributed by atoms with Crippen LogP contribution in [0.1, 0.15) is 68.2 Å². The first kappa shape index (κ1) is 22.9. The van der Waals surface area contributed by atoms with Crippen LogP contribution in [0, 0.1) is 17.3 Å². The molecule has 0 aliphatic heterocycles. The molecule has 35 heavy (non-hydrogen) atoms. The van der Waals surface area contributed by atoms with Gasteiger partial charge in [-0.25, -0.2) is 0 Å². The van der Waals surface area contributed by atoms with Crippen molar-refractivity contribution in [1.29, 1.82) is 0 Å². The molecule has 0 bridgehead atoms. The molecule has 3 aliphatic rings. The molecule has 0 radical (unpaired) electrons. The van der Waals surface area contributed by atoms with E-state index >= 15 is 0 Å². The van der Waals surface area contributed by atoms with Crippen molar-refractivity contribution in [3.63, 3.8) is 0 Å². The van der Waals surface area contributed by atoms with Crippen molar-refractivity contribution in [3.8, 4) is 5.75 Å². The number of aryl methyl sites for hydroxylation is 1. The fourth-order valence-corrected chi connectivity index (χ4v) is 7.68. The maximum absolute atomic E-state index is 6.49. The molecule has 182 valence electrons. The Morgan fingerprint density at radius 3 is 2.26 bits per heavy atom. The molecule has 0 unspecified atom stereocenters. The monoisotopic (exact) mass is 466 g/mol. The standard InChI is InChI=1S/C33H38O2/c1-32-17-18-33(2)29-16-14-27(34-22-24-9-5-3-6-10-24)19-26(29)13-15-30(33)31(32)20-28(21-32)35-23-25-11-7-4-8-12-25/h3-12,14,16,19,28,30-31H,13,15,17-18,20-23H2,1-2H3/t28-,30+,31+,32-,33-/m1/s1. The molecule has 0 N–H and O–H groups in total. The number of rotatable bonds is 6. The van der Waals surface area contributed by atoms with Crippen LogP contribution in [-0.2, 0) is 29.8 Å². The number of fused-ring (bicyclic) bond motifs is 5. The zero-order valence-corrected chi connectivity index (χ0v) is 21.2. The molecule has 0 amide bonds. The summed E-state index contributed by atoms with van der Waals surface area (Å²) < 4.78 is 12.7. The molecule has 2 nitrogen and oxygen atoms in total. The third kappa shape index (κ3) is 4.31. The molecule has 5 atom stereocenters. The van der Waals surface area contributed by atoms with E-state index in [0.717, 1.165) is 24.2 Å². The molecule has 3 aromatic rings. The SMILES string of the molecule is C[C@]12CC[C@]3(C)c4ccc(OCc5ccccc5)cc4CC[C@H]3[C@@H]1C[C@@H](OCc1ccccc1)C2. The highest BCUT2D eigenvalue weighted by Gasteiger charge is 2.57. The van der Waals surface area contributed by atoms with Gasteiger partial charge in [0.2, 0.25) is 0 Å². The fourth-order valence-electron chi connectivity index (χ4n) is 7.68. The van der Waals surface area contributed by atoms with E-state index in [1.807, 2.05) is 0 Å². The molecule has 2 saturated carbocycles. The van der Waals surface area contributed by atoms with E-state index in [4.69, 9.17) is 9.47 Å². The summed E-state index contributed by atoms with van der Waals surface area (Å²) in [4.78, 5) is 0. The van der Waals surface area contributed by atoms with Gasteiger partial charge in [0.25, 0.3) is 0 Å². The third-order valence-corrected chi connectivity index (χ3v) is 9.62. The van der Waals surface area contributed by atoms with Crippen LogP contribution >= 0.6 is 0 Å². The van der Waals surface area contributed by atoms with Crippen LogP contribution in [0.3, 0.4) is 0 Å². The summed E-state index contributed by atoms with van der Waals surface area (Å²) in [6.45, 7) is 6.48. The number of benzene rings is 3. The van der Waals surface area contributed by atoms with Crippen LogP contribution in [0.2, 0.25) is 0 Å². The van der Waals surface area contributed by atoms with Gasteiger partial charge in [-0.05, 0) is 95.6 Å². The molecular formula is C33H38O2. The summed E-state index contributed by atoms with van der Waals surface area (Å²) >= 11 is 0. The summed E-state index contributed by atoms with van der Waals surface area (Å²) in [6, 6.07) is 28.0. The van der Waals surface area contributed by atoms with Crippen molar-refractivity contribution >= 4 is 0 Å². The summed E-state index contributed by atoms with van der Waals surface area (Å²) in [5.41, 5.74) is 6.28. The van der Waals surface area contributed by atoms with E-state index in [2.05, 4.69) is 92.7 Å². The topological polar surface area (TPSA) is 18.5 Å². The van der Waals surface area contributed by atoms with Gasteiger partial charge in [-0.15, -0.1) is 0 Å². The van der Waals surface area contributed by atoms with Crippen molar-refractivity contribution in [3.05, 3.63) is 101 Å². The van der Waals surface area contributed by atoms with Gasteiger partial charge in [-0.1, -0.05) is 80.6 Å². The minimum absolute atomic E-state index is 0.268. The van der Waals surface area contributed by atoms with Crippen molar-refractivity contribution < 1.29 is 9.47 Å². The normalized spacial score (nSPS) is 31.3. The van der Waals surface area contributed by atoms with E-state index in [9.17, 15) is 0 Å². The van der Waals surface area contributed by atoms with E-state index in [-0.39, 0.29) is 5.41 Å². The number of ether oxygens (including phenoxy) is 2. The Kier molecular flexibility index (Phi) is 5.96. The summed E-state index contributed by atoms with van der Waals surface area (Å²) in [5, 5.41) is 0. The maximum atomic E-state index is 6.49. The fraction of sp³-hybridized carbons (Fsp3) is 0.455. The Labute approximate surface area is 210 Å². The smallest absolute Gasteiger partial charge is 0.120 e. The lowest BCUT2D eigenvalue weighted by atomic mass is 9.49. The highest BCUT2D eigenvalue weighted by atomic mass is 16.5. The van der Waals surface area contributed by atoms with Crippen molar-refractivity contribution in [2.75, 3.05) is 0 Å². The molecule has 2 fully saturated rings. The summed E-state index contributed by atoms with van der Waals surface area (Å²) in [6.07, 6.45) is 7.88. The predicted octanol–water partition coefficient (Wildman–Crippen LogP) is 7.88. The molecule has 3 aromatic carbocycles. The van der Waals surface area contributed by atoms with Gasteiger partial charge >= 0.3 is 0 Å². The van der Waals surface area contributed by atoms with Crippen LogP contribution in [0.25, 0.3) is 0 Å². The first-order valence-corrected chi connectivity index (χ1v) is 13.5. The largest absolute Gasteiger partial charge is 0.489 e. The first-order chi connectivity index (χ1) is 17.0. The van der Waals surface area contributed by atoms with Gasteiger partial charge in [0.1, 0.15) is 12.4 Å². The van der Waals surface area contributed by atoms with Gasteiger partial charge in [-0.3, -0.25) is 0 Å². The molecule has 2 heteroatoms. The Morgan fingerprint density at radius 2 is 1.51 bits per heavy atom. The van der Waals surface area contributed by atoms with Crippen molar-refractivity contribution in [1.82, 2.24) is 0 Å². The van der Waals surface area contributed by atoms with Crippen LogP contribution in [-0.4, -0.2) is 6.10 Å². The molecule has 6 rings (SSSR count). The second-order valence-corrected chi connectivity index (χ2v) is 11.8. The van der Waals surface area contributed by atoms with Gasteiger partial charge < -0.3 is 9.47 Å². The van der Waals surface area contributed by atoms with E-state index in [1.165, 1.54) is 55.2 Å². The average molecular weight is 467 g/mol. The van der Waals surface area contributed by atoms with Gasteiger partial charge in [0.05, 0.1) is 12.7 Å². The molecule has 0 aromatic heterocycles. The van der Waals surface area contributed by atoms with Gasteiger partial charge in [0, 0.05) is 0 Å². The number of hydrogen-bond acceptors (Lipinski definition) is 2. The van der Waals surface area contributed by atoms with Crippen LogP contribution in [0.15, 0.2) is 78.9 Å². The van der Waals surface area contributed by atoms with Crippen LogP contribution in [0.5, 0.6) is 5.75 Å². The maximum Gasteiger partial charge on any atom is 0.120 e. The lowest BCUT2D eigenvalue weighted by molar-refractivity contribution is 0.0139.